The second-order valence-corrected chi connectivity index (χ2v) is 5.69. The fourth-order valence-corrected chi connectivity index (χ4v) is 2.58. The van der Waals surface area contributed by atoms with Crippen molar-refractivity contribution in [2.75, 3.05) is 13.2 Å². The Morgan fingerprint density at radius 1 is 1.32 bits per heavy atom. The molecule has 0 aliphatic rings. The molecule has 1 heterocycles. The number of hydrogen-bond acceptors (Lipinski definition) is 4. The van der Waals surface area contributed by atoms with Crippen molar-refractivity contribution in [1.29, 1.82) is 0 Å². The van der Waals surface area contributed by atoms with Crippen molar-refractivity contribution >= 4 is 22.9 Å². The minimum Gasteiger partial charge on any atom is -0.493 e. The Labute approximate surface area is 122 Å². The second-order valence-electron chi connectivity index (χ2n) is 4.05. The summed E-state index contributed by atoms with van der Waals surface area (Å²) in [6.07, 6.45) is 2.77. The summed E-state index contributed by atoms with van der Waals surface area (Å²) in [5, 5.41) is 5.13. The SMILES string of the molecule is CCNCc1cnc(CCOc2ccc(Cl)cc2)s1. The largest absolute Gasteiger partial charge is 0.493 e. The Morgan fingerprint density at radius 3 is 2.84 bits per heavy atom. The molecule has 0 fully saturated rings. The van der Waals surface area contributed by atoms with E-state index in [2.05, 4.69) is 17.2 Å². The van der Waals surface area contributed by atoms with Gasteiger partial charge in [0.2, 0.25) is 0 Å². The number of thiazole rings is 1. The van der Waals surface area contributed by atoms with Gasteiger partial charge >= 0.3 is 0 Å². The molecule has 19 heavy (non-hydrogen) atoms. The lowest BCUT2D eigenvalue weighted by Crippen LogP contribution is -2.10. The number of halogens is 1. The fraction of sp³-hybridized carbons (Fsp3) is 0.357. The van der Waals surface area contributed by atoms with Crippen LogP contribution in [-0.4, -0.2) is 18.1 Å². The topological polar surface area (TPSA) is 34.2 Å². The Hall–Kier alpha value is -1.10. The maximum Gasteiger partial charge on any atom is 0.119 e. The van der Waals surface area contributed by atoms with Crippen LogP contribution >= 0.6 is 22.9 Å². The summed E-state index contributed by atoms with van der Waals surface area (Å²) in [6, 6.07) is 7.41. The minimum atomic E-state index is 0.635. The Morgan fingerprint density at radius 2 is 2.11 bits per heavy atom. The molecule has 2 rings (SSSR count). The van der Waals surface area contributed by atoms with Gasteiger partial charge in [0.1, 0.15) is 5.75 Å². The summed E-state index contributed by atoms with van der Waals surface area (Å²) in [5.41, 5.74) is 0. The monoisotopic (exact) mass is 296 g/mol. The van der Waals surface area contributed by atoms with E-state index >= 15 is 0 Å². The Kier molecular flexibility index (Phi) is 5.63. The maximum absolute atomic E-state index is 5.82. The average molecular weight is 297 g/mol. The lowest BCUT2D eigenvalue weighted by molar-refractivity contribution is 0.322. The highest BCUT2D eigenvalue weighted by molar-refractivity contribution is 7.11. The number of rotatable bonds is 7. The number of benzene rings is 1. The molecule has 0 saturated carbocycles. The standard InChI is InChI=1S/C14H17ClN2OS/c1-2-16-9-13-10-17-14(19-13)7-8-18-12-5-3-11(15)4-6-12/h3-6,10,16H,2,7-9H2,1H3. The van der Waals surface area contributed by atoms with Gasteiger partial charge < -0.3 is 10.1 Å². The van der Waals surface area contributed by atoms with Crippen LogP contribution in [0.15, 0.2) is 30.5 Å². The molecule has 5 heteroatoms. The van der Waals surface area contributed by atoms with Crippen LogP contribution in [0.4, 0.5) is 0 Å². The van der Waals surface area contributed by atoms with Gasteiger partial charge in [0.15, 0.2) is 0 Å². The van der Waals surface area contributed by atoms with Crippen LogP contribution in [0.1, 0.15) is 16.8 Å². The smallest absolute Gasteiger partial charge is 0.119 e. The second kappa shape index (κ2) is 7.48. The molecule has 0 spiro atoms. The third-order valence-electron chi connectivity index (χ3n) is 2.55. The number of nitrogens with zero attached hydrogens (tertiary/aromatic N) is 1. The average Bonchev–Trinajstić information content (AvgIpc) is 2.87. The third-order valence-corrected chi connectivity index (χ3v) is 3.86. The van der Waals surface area contributed by atoms with Crippen molar-refractivity contribution in [3.63, 3.8) is 0 Å². The lowest BCUT2D eigenvalue weighted by atomic mass is 10.3. The van der Waals surface area contributed by atoms with Crippen molar-refractivity contribution < 1.29 is 4.74 Å². The highest BCUT2D eigenvalue weighted by Gasteiger charge is 2.02. The van der Waals surface area contributed by atoms with E-state index in [0.29, 0.717) is 6.61 Å². The van der Waals surface area contributed by atoms with Crippen molar-refractivity contribution in [3.8, 4) is 5.75 Å². The van der Waals surface area contributed by atoms with E-state index in [9.17, 15) is 0 Å². The zero-order valence-electron chi connectivity index (χ0n) is 10.9. The van der Waals surface area contributed by atoms with E-state index < -0.39 is 0 Å². The molecule has 0 unspecified atom stereocenters. The third kappa shape index (κ3) is 4.82. The molecule has 2 aromatic rings. The molecule has 0 aliphatic heterocycles. The summed E-state index contributed by atoms with van der Waals surface area (Å²) >= 11 is 7.55. The number of hydrogen-bond donors (Lipinski definition) is 1. The summed E-state index contributed by atoms with van der Waals surface area (Å²) < 4.78 is 5.65. The first-order valence-corrected chi connectivity index (χ1v) is 7.50. The van der Waals surface area contributed by atoms with Crippen LogP contribution < -0.4 is 10.1 Å². The number of ether oxygens (including phenoxy) is 1. The van der Waals surface area contributed by atoms with Crippen molar-refractivity contribution in [1.82, 2.24) is 10.3 Å². The predicted molar refractivity (Wildman–Crippen MR) is 80.1 cm³/mol. The van der Waals surface area contributed by atoms with E-state index in [1.165, 1.54) is 4.88 Å². The van der Waals surface area contributed by atoms with Gasteiger partial charge in [-0.05, 0) is 30.8 Å². The number of nitrogens with one attached hydrogen (secondary N) is 1. The fourth-order valence-electron chi connectivity index (χ4n) is 1.58. The first-order chi connectivity index (χ1) is 9.28. The van der Waals surface area contributed by atoms with Gasteiger partial charge in [0.05, 0.1) is 11.6 Å². The van der Waals surface area contributed by atoms with Gasteiger partial charge in [-0.2, -0.15) is 0 Å². The van der Waals surface area contributed by atoms with Gasteiger partial charge in [-0.15, -0.1) is 11.3 Å². The summed E-state index contributed by atoms with van der Waals surface area (Å²) in [6.45, 7) is 4.61. The quantitative estimate of drug-likeness (QED) is 0.849. The molecule has 3 nitrogen and oxygen atoms in total. The van der Waals surface area contributed by atoms with Gasteiger partial charge in [-0.1, -0.05) is 18.5 Å². The zero-order valence-corrected chi connectivity index (χ0v) is 12.4. The summed E-state index contributed by atoms with van der Waals surface area (Å²) in [7, 11) is 0. The first-order valence-electron chi connectivity index (χ1n) is 6.30. The molecule has 1 aromatic carbocycles. The molecule has 1 N–H and O–H groups in total. The van der Waals surface area contributed by atoms with Crippen LogP contribution in [0.5, 0.6) is 5.75 Å². The van der Waals surface area contributed by atoms with Gasteiger partial charge in [-0.3, -0.25) is 0 Å². The van der Waals surface area contributed by atoms with E-state index in [4.69, 9.17) is 16.3 Å². The van der Waals surface area contributed by atoms with E-state index in [1.807, 2.05) is 30.5 Å². The molecule has 102 valence electrons. The lowest BCUT2D eigenvalue weighted by Gasteiger charge is -2.04. The van der Waals surface area contributed by atoms with Crippen LogP contribution in [0, 0.1) is 0 Å². The predicted octanol–water partition coefficient (Wildman–Crippen LogP) is 3.53. The van der Waals surface area contributed by atoms with E-state index in [-0.39, 0.29) is 0 Å². The Bertz CT molecular complexity index is 498. The molecule has 0 bridgehead atoms. The van der Waals surface area contributed by atoms with E-state index in [0.717, 1.165) is 35.3 Å². The molecule has 0 saturated heterocycles. The van der Waals surface area contributed by atoms with Crippen LogP contribution in [0.2, 0.25) is 5.02 Å². The van der Waals surface area contributed by atoms with Gasteiger partial charge in [-0.25, -0.2) is 4.98 Å². The normalized spacial score (nSPS) is 10.6. The molecule has 0 aliphatic carbocycles. The Balaban J connectivity index is 1.76. The van der Waals surface area contributed by atoms with Crippen LogP contribution in [0.3, 0.4) is 0 Å². The van der Waals surface area contributed by atoms with Crippen molar-refractivity contribution in [2.45, 2.75) is 19.9 Å². The van der Waals surface area contributed by atoms with Gasteiger partial charge in [0.25, 0.3) is 0 Å². The van der Waals surface area contributed by atoms with Gasteiger partial charge in [0, 0.05) is 29.1 Å². The molecule has 1 aromatic heterocycles. The highest BCUT2D eigenvalue weighted by atomic mass is 35.5. The molecule has 0 radical (unpaired) electrons. The molecule has 0 amide bonds. The van der Waals surface area contributed by atoms with Crippen LogP contribution in [0.25, 0.3) is 0 Å². The van der Waals surface area contributed by atoms with E-state index in [1.54, 1.807) is 11.3 Å². The minimum absolute atomic E-state index is 0.635. The maximum atomic E-state index is 5.82. The molecular weight excluding hydrogens is 280 g/mol. The molecule has 0 atom stereocenters. The first kappa shape index (κ1) is 14.3. The molecular formula is C14H17ClN2OS. The van der Waals surface area contributed by atoms with Crippen molar-refractivity contribution in [2.24, 2.45) is 0 Å². The zero-order chi connectivity index (χ0) is 13.5. The van der Waals surface area contributed by atoms with Crippen LogP contribution in [-0.2, 0) is 13.0 Å². The summed E-state index contributed by atoms with van der Waals surface area (Å²) in [5.74, 6) is 0.842. The number of aromatic nitrogens is 1. The summed E-state index contributed by atoms with van der Waals surface area (Å²) in [4.78, 5) is 5.66. The highest BCUT2D eigenvalue weighted by Crippen LogP contribution is 2.17. The van der Waals surface area contributed by atoms with Crippen molar-refractivity contribution in [3.05, 3.63) is 45.4 Å².